The molecular formula is C14H19BrIN. The second kappa shape index (κ2) is 7.10. The predicted octanol–water partition coefficient (Wildman–Crippen LogP) is 4.43. The van der Waals surface area contributed by atoms with Crippen LogP contribution in [0.4, 0.5) is 0 Å². The lowest BCUT2D eigenvalue weighted by Gasteiger charge is -2.37. The third kappa shape index (κ3) is 4.21. The summed E-state index contributed by atoms with van der Waals surface area (Å²) >= 11 is 5.90. The highest BCUT2D eigenvalue weighted by Crippen LogP contribution is 2.26. The molecule has 94 valence electrons. The smallest absolute Gasteiger partial charge is 0.0236 e. The Kier molecular flexibility index (Phi) is 5.77. The minimum absolute atomic E-state index is 0.841. The average Bonchev–Trinajstić information content (AvgIpc) is 2.26. The Morgan fingerprint density at radius 2 is 1.94 bits per heavy atom. The number of alkyl halides is 1. The summed E-state index contributed by atoms with van der Waals surface area (Å²) in [6, 6.07) is 9.79. The maximum absolute atomic E-state index is 3.53. The largest absolute Gasteiger partial charge is 0.296 e. The summed E-state index contributed by atoms with van der Waals surface area (Å²) < 4.78 is 1.32. The highest BCUT2D eigenvalue weighted by atomic mass is 127. The first kappa shape index (κ1) is 13.8. The van der Waals surface area contributed by atoms with Crippen LogP contribution in [0.3, 0.4) is 0 Å². The number of hydrogen-bond donors (Lipinski definition) is 0. The Bertz CT molecular complexity index is 335. The molecule has 0 bridgehead atoms. The van der Waals surface area contributed by atoms with Crippen LogP contribution in [0.5, 0.6) is 0 Å². The maximum Gasteiger partial charge on any atom is 0.0236 e. The lowest BCUT2D eigenvalue weighted by Crippen LogP contribution is -2.40. The van der Waals surface area contributed by atoms with Crippen molar-refractivity contribution in [2.75, 3.05) is 11.9 Å². The molecule has 0 amide bonds. The van der Waals surface area contributed by atoms with Crippen LogP contribution < -0.4 is 0 Å². The fourth-order valence-corrected chi connectivity index (χ4v) is 2.84. The number of halogens is 2. The normalized spacial score (nSPS) is 16.2. The first-order valence-electron chi connectivity index (χ1n) is 6.34. The molecule has 17 heavy (non-hydrogen) atoms. The van der Waals surface area contributed by atoms with Gasteiger partial charge in [0.15, 0.2) is 0 Å². The van der Waals surface area contributed by atoms with Gasteiger partial charge in [-0.3, -0.25) is 4.90 Å². The average molecular weight is 408 g/mol. The molecule has 1 aliphatic carbocycles. The van der Waals surface area contributed by atoms with Gasteiger partial charge in [0, 0.05) is 21.5 Å². The second-order valence-corrected chi connectivity index (χ2v) is 6.76. The van der Waals surface area contributed by atoms with Crippen LogP contribution in [-0.2, 0) is 6.54 Å². The summed E-state index contributed by atoms with van der Waals surface area (Å²) in [4.78, 5) is 2.66. The van der Waals surface area contributed by atoms with Crippen molar-refractivity contribution in [2.45, 2.75) is 38.3 Å². The topological polar surface area (TPSA) is 3.24 Å². The molecule has 0 spiro atoms. The van der Waals surface area contributed by atoms with Crippen molar-refractivity contribution < 1.29 is 0 Å². The monoisotopic (exact) mass is 407 g/mol. The van der Waals surface area contributed by atoms with Crippen molar-refractivity contribution in [1.29, 1.82) is 0 Å². The lowest BCUT2D eigenvalue weighted by molar-refractivity contribution is 0.120. The van der Waals surface area contributed by atoms with Crippen molar-refractivity contribution in [2.24, 2.45) is 0 Å². The van der Waals surface area contributed by atoms with E-state index in [2.05, 4.69) is 67.7 Å². The summed E-state index contributed by atoms with van der Waals surface area (Å²) in [5, 5.41) is 1.11. The fraction of sp³-hybridized carbons (Fsp3) is 0.571. The quantitative estimate of drug-likeness (QED) is 0.498. The van der Waals surface area contributed by atoms with Crippen molar-refractivity contribution in [3.63, 3.8) is 0 Å². The molecule has 0 saturated heterocycles. The Morgan fingerprint density at radius 3 is 2.47 bits per heavy atom. The highest BCUT2D eigenvalue weighted by Gasteiger charge is 2.24. The first-order chi connectivity index (χ1) is 8.29. The van der Waals surface area contributed by atoms with Crippen LogP contribution in [-0.4, -0.2) is 22.8 Å². The third-order valence-electron chi connectivity index (χ3n) is 3.47. The van der Waals surface area contributed by atoms with Gasteiger partial charge in [-0.2, -0.15) is 0 Å². The van der Waals surface area contributed by atoms with Gasteiger partial charge < -0.3 is 0 Å². The van der Waals surface area contributed by atoms with Gasteiger partial charge in [0.05, 0.1) is 0 Å². The summed E-state index contributed by atoms with van der Waals surface area (Å²) in [6.45, 7) is 2.34. The molecule has 0 unspecified atom stereocenters. The van der Waals surface area contributed by atoms with Gasteiger partial charge in [-0.15, -0.1) is 0 Å². The Hall–Kier alpha value is 0.390. The molecule has 2 rings (SSSR count). The van der Waals surface area contributed by atoms with E-state index in [9.17, 15) is 0 Å². The standard InChI is InChI=1S/C14H19BrIN/c15-9-2-10-17(14-3-1-4-14)11-12-5-7-13(16)8-6-12/h5-8,14H,1-4,9-11H2. The molecular weight excluding hydrogens is 389 g/mol. The zero-order valence-corrected chi connectivity index (χ0v) is 13.8. The molecule has 0 radical (unpaired) electrons. The molecule has 0 N–H and O–H groups in total. The van der Waals surface area contributed by atoms with Crippen molar-refractivity contribution in [1.82, 2.24) is 4.90 Å². The van der Waals surface area contributed by atoms with E-state index >= 15 is 0 Å². The fourth-order valence-electron chi connectivity index (χ4n) is 2.23. The van der Waals surface area contributed by atoms with Gasteiger partial charge in [0.1, 0.15) is 0 Å². The van der Waals surface area contributed by atoms with E-state index in [1.165, 1.54) is 41.4 Å². The lowest BCUT2D eigenvalue weighted by atomic mass is 9.91. The van der Waals surface area contributed by atoms with Gasteiger partial charge in [-0.25, -0.2) is 0 Å². The molecule has 1 nitrogen and oxygen atoms in total. The number of benzene rings is 1. The van der Waals surface area contributed by atoms with Crippen LogP contribution in [0.15, 0.2) is 24.3 Å². The van der Waals surface area contributed by atoms with Gasteiger partial charge in [0.2, 0.25) is 0 Å². The third-order valence-corrected chi connectivity index (χ3v) is 4.75. The summed E-state index contributed by atoms with van der Waals surface area (Å²) in [5.74, 6) is 0. The predicted molar refractivity (Wildman–Crippen MR) is 85.6 cm³/mol. The zero-order valence-electron chi connectivity index (χ0n) is 10.0. The van der Waals surface area contributed by atoms with E-state index in [1.807, 2.05) is 0 Å². The molecule has 0 atom stereocenters. The van der Waals surface area contributed by atoms with E-state index in [0.29, 0.717) is 0 Å². The van der Waals surface area contributed by atoms with Crippen LogP contribution in [0.2, 0.25) is 0 Å². The van der Waals surface area contributed by atoms with E-state index in [4.69, 9.17) is 0 Å². The molecule has 0 aromatic heterocycles. The number of nitrogens with zero attached hydrogens (tertiary/aromatic N) is 1. The van der Waals surface area contributed by atoms with Crippen LogP contribution in [0.25, 0.3) is 0 Å². The van der Waals surface area contributed by atoms with Gasteiger partial charge in [-0.1, -0.05) is 34.5 Å². The van der Waals surface area contributed by atoms with Crippen LogP contribution >= 0.6 is 38.5 Å². The molecule has 3 heteroatoms. The highest BCUT2D eigenvalue weighted by molar-refractivity contribution is 14.1. The molecule has 1 aromatic carbocycles. The minimum atomic E-state index is 0.841. The maximum atomic E-state index is 3.53. The molecule has 1 fully saturated rings. The van der Waals surface area contributed by atoms with E-state index < -0.39 is 0 Å². The molecule has 1 aliphatic rings. The van der Waals surface area contributed by atoms with Gasteiger partial charge >= 0.3 is 0 Å². The number of rotatable bonds is 6. The van der Waals surface area contributed by atoms with Crippen LogP contribution in [0.1, 0.15) is 31.2 Å². The first-order valence-corrected chi connectivity index (χ1v) is 8.54. The SMILES string of the molecule is BrCCCN(Cc1ccc(I)cc1)C1CCC1. The molecule has 1 saturated carbocycles. The Morgan fingerprint density at radius 1 is 1.24 bits per heavy atom. The summed E-state index contributed by atoms with van der Waals surface area (Å²) in [5.41, 5.74) is 1.45. The second-order valence-electron chi connectivity index (χ2n) is 4.72. The van der Waals surface area contributed by atoms with E-state index in [1.54, 1.807) is 0 Å². The molecule has 0 aliphatic heterocycles. The zero-order chi connectivity index (χ0) is 12.1. The van der Waals surface area contributed by atoms with E-state index in [-0.39, 0.29) is 0 Å². The van der Waals surface area contributed by atoms with Gasteiger partial charge in [-0.05, 0) is 66.1 Å². The van der Waals surface area contributed by atoms with Crippen LogP contribution in [0, 0.1) is 3.57 Å². The van der Waals surface area contributed by atoms with Crippen molar-refractivity contribution in [3.05, 3.63) is 33.4 Å². The Labute approximate surface area is 126 Å². The summed E-state index contributed by atoms with van der Waals surface area (Å²) in [7, 11) is 0. The Balaban J connectivity index is 1.93. The van der Waals surface area contributed by atoms with E-state index in [0.717, 1.165) is 17.9 Å². The van der Waals surface area contributed by atoms with Crippen molar-refractivity contribution in [3.8, 4) is 0 Å². The van der Waals surface area contributed by atoms with Gasteiger partial charge in [0.25, 0.3) is 0 Å². The molecule has 0 heterocycles. The van der Waals surface area contributed by atoms with Crippen molar-refractivity contribution >= 4 is 38.5 Å². The number of hydrogen-bond acceptors (Lipinski definition) is 1. The minimum Gasteiger partial charge on any atom is -0.296 e. The summed E-state index contributed by atoms with van der Waals surface area (Å²) in [6.07, 6.45) is 5.46. The molecule has 1 aromatic rings.